The molecule has 0 spiro atoms. The lowest BCUT2D eigenvalue weighted by atomic mass is 10.1. The minimum atomic E-state index is -1.53. The lowest BCUT2D eigenvalue weighted by molar-refractivity contribution is -0.384. The minimum Gasteiger partial charge on any atom is -0.501 e. The highest BCUT2D eigenvalue weighted by Gasteiger charge is 2.32. The van der Waals surface area contributed by atoms with Crippen LogP contribution in [0.15, 0.2) is 16.7 Å². The van der Waals surface area contributed by atoms with Gasteiger partial charge in [-0.1, -0.05) is 0 Å². The van der Waals surface area contributed by atoms with Crippen LogP contribution in [0.4, 0.5) is 5.69 Å². The van der Waals surface area contributed by atoms with Gasteiger partial charge in [-0.15, -0.1) is 0 Å². The third-order valence-corrected chi connectivity index (χ3v) is 2.41. The van der Waals surface area contributed by atoms with Gasteiger partial charge in [0.2, 0.25) is 11.3 Å². The van der Waals surface area contributed by atoms with Crippen molar-refractivity contribution in [2.24, 2.45) is 0 Å². The maximum absolute atomic E-state index is 11.0. The van der Waals surface area contributed by atoms with Crippen molar-refractivity contribution in [2.45, 2.75) is 0 Å². The van der Waals surface area contributed by atoms with Crippen LogP contribution in [0.5, 0.6) is 11.5 Å². The maximum atomic E-state index is 11.0. The molecule has 94 valence electrons. The number of carboxylic acids is 1. The van der Waals surface area contributed by atoms with Gasteiger partial charge in [-0.3, -0.25) is 10.1 Å². The van der Waals surface area contributed by atoms with Crippen LogP contribution in [0.1, 0.15) is 10.4 Å². The Bertz CT molecular complexity index is 658. The molecular formula is C10H7NO7. The zero-order valence-corrected chi connectivity index (χ0v) is 9.04. The quantitative estimate of drug-likeness (QED) is 0.630. The second kappa shape index (κ2) is 3.91. The second-order valence-corrected chi connectivity index (χ2v) is 3.33. The van der Waals surface area contributed by atoms with Crippen LogP contribution in [0.25, 0.3) is 11.0 Å². The van der Waals surface area contributed by atoms with Crippen LogP contribution in [0.3, 0.4) is 0 Å². The van der Waals surface area contributed by atoms with Crippen molar-refractivity contribution in [3.8, 4) is 11.5 Å². The van der Waals surface area contributed by atoms with E-state index in [1.807, 2.05) is 0 Å². The summed E-state index contributed by atoms with van der Waals surface area (Å²) in [4.78, 5) is 21.0. The highest BCUT2D eigenvalue weighted by atomic mass is 16.6. The number of furan rings is 1. The van der Waals surface area contributed by atoms with Gasteiger partial charge in [-0.25, -0.2) is 4.79 Å². The Morgan fingerprint density at radius 1 is 1.56 bits per heavy atom. The number of aromatic carboxylic acids is 1. The molecule has 8 heteroatoms. The molecule has 8 nitrogen and oxygen atoms in total. The molecule has 0 saturated heterocycles. The highest BCUT2D eigenvalue weighted by molar-refractivity contribution is 6.06. The molecule has 0 aliphatic rings. The van der Waals surface area contributed by atoms with Crippen molar-refractivity contribution in [3.05, 3.63) is 28.0 Å². The summed E-state index contributed by atoms with van der Waals surface area (Å²) in [6.07, 6.45) is 1.14. The van der Waals surface area contributed by atoms with Gasteiger partial charge >= 0.3 is 11.7 Å². The largest absolute Gasteiger partial charge is 0.501 e. The molecule has 2 aromatic rings. The number of methoxy groups -OCH3 is 1. The second-order valence-electron chi connectivity index (χ2n) is 3.33. The van der Waals surface area contributed by atoms with Gasteiger partial charge in [0.15, 0.2) is 5.56 Å². The number of nitrogens with zero attached hydrogens (tertiary/aromatic N) is 1. The van der Waals surface area contributed by atoms with Gasteiger partial charge < -0.3 is 19.4 Å². The van der Waals surface area contributed by atoms with Crippen molar-refractivity contribution in [1.82, 2.24) is 0 Å². The first-order chi connectivity index (χ1) is 8.49. The molecule has 0 amide bonds. The average Bonchev–Trinajstić information content (AvgIpc) is 2.74. The summed E-state index contributed by atoms with van der Waals surface area (Å²) in [6.45, 7) is 0. The predicted octanol–water partition coefficient (Wildman–Crippen LogP) is 1.75. The van der Waals surface area contributed by atoms with E-state index in [4.69, 9.17) is 14.3 Å². The van der Waals surface area contributed by atoms with E-state index < -0.39 is 27.9 Å². The minimum absolute atomic E-state index is 0.111. The van der Waals surface area contributed by atoms with Gasteiger partial charge in [-0.2, -0.15) is 0 Å². The molecule has 0 radical (unpaired) electrons. The normalized spacial score (nSPS) is 10.5. The summed E-state index contributed by atoms with van der Waals surface area (Å²) < 4.78 is 9.76. The number of ether oxygens (including phenoxy) is 1. The summed E-state index contributed by atoms with van der Waals surface area (Å²) in [7, 11) is 1.19. The fraction of sp³-hybridized carbons (Fsp3) is 0.100. The SMILES string of the molecule is COc1c(C(=O)O)c(O)c([N+](=O)[O-])c2occc12. The van der Waals surface area contributed by atoms with Crippen molar-refractivity contribution < 1.29 is 29.1 Å². The monoisotopic (exact) mass is 253 g/mol. The van der Waals surface area contributed by atoms with Crippen LogP contribution in [-0.4, -0.2) is 28.2 Å². The van der Waals surface area contributed by atoms with Crippen LogP contribution < -0.4 is 4.74 Å². The molecule has 0 fully saturated rings. The number of fused-ring (bicyclic) bond motifs is 1. The molecule has 18 heavy (non-hydrogen) atoms. The van der Waals surface area contributed by atoms with Crippen molar-refractivity contribution in [1.29, 1.82) is 0 Å². The van der Waals surface area contributed by atoms with Gasteiger partial charge in [-0.05, 0) is 6.07 Å². The Morgan fingerprint density at radius 3 is 2.72 bits per heavy atom. The number of nitro groups is 1. The van der Waals surface area contributed by atoms with E-state index in [0.717, 1.165) is 6.26 Å². The Kier molecular flexibility index (Phi) is 2.55. The number of carbonyl (C=O) groups is 1. The van der Waals surface area contributed by atoms with Crippen LogP contribution >= 0.6 is 0 Å². The molecule has 2 N–H and O–H groups in total. The molecule has 1 aromatic heterocycles. The summed E-state index contributed by atoms with van der Waals surface area (Å²) in [6, 6.07) is 1.33. The van der Waals surface area contributed by atoms with E-state index in [2.05, 4.69) is 0 Å². The van der Waals surface area contributed by atoms with Crippen LogP contribution in [0.2, 0.25) is 0 Å². The number of benzene rings is 1. The smallest absolute Gasteiger partial charge is 0.354 e. The van der Waals surface area contributed by atoms with Gasteiger partial charge in [0.1, 0.15) is 5.75 Å². The van der Waals surface area contributed by atoms with Crippen molar-refractivity contribution in [2.75, 3.05) is 7.11 Å². The number of hydrogen-bond acceptors (Lipinski definition) is 6. The third kappa shape index (κ3) is 1.43. The number of hydrogen-bond donors (Lipinski definition) is 2. The Balaban J connectivity index is 3.02. The number of phenols is 1. The van der Waals surface area contributed by atoms with Crippen molar-refractivity contribution >= 4 is 22.6 Å². The first-order valence-corrected chi connectivity index (χ1v) is 4.66. The maximum Gasteiger partial charge on any atom is 0.354 e. The van der Waals surface area contributed by atoms with Gasteiger partial charge in [0, 0.05) is 0 Å². The lowest BCUT2D eigenvalue weighted by Crippen LogP contribution is -2.04. The Labute approximate surface area is 99.2 Å². The number of rotatable bonds is 3. The molecule has 0 aliphatic heterocycles. The molecule has 0 bridgehead atoms. The zero-order chi connectivity index (χ0) is 13.4. The Hall–Kier alpha value is -2.77. The summed E-state index contributed by atoms with van der Waals surface area (Å²) in [5.74, 6) is -2.71. The fourth-order valence-electron chi connectivity index (χ4n) is 1.72. The van der Waals surface area contributed by atoms with E-state index in [0.29, 0.717) is 0 Å². The molecule has 2 rings (SSSR count). The fourth-order valence-corrected chi connectivity index (χ4v) is 1.72. The van der Waals surface area contributed by atoms with Gasteiger partial charge in [0.25, 0.3) is 0 Å². The lowest BCUT2D eigenvalue weighted by Gasteiger charge is -2.08. The number of carboxylic acid groups (broad SMARTS) is 1. The van der Waals surface area contributed by atoms with E-state index in [1.54, 1.807) is 0 Å². The first kappa shape index (κ1) is 11.7. The van der Waals surface area contributed by atoms with E-state index in [1.165, 1.54) is 13.2 Å². The highest BCUT2D eigenvalue weighted by Crippen LogP contribution is 2.45. The van der Waals surface area contributed by atoms with Crippen LogP contribution in [-0.2, 0) is 0 Å². The molecule has 1 aromatic carbocycles. The zero-order valence-electron chi connectivity index (χ0n) is 9.04. The standard InChI is InChI=1S/C10H7NO7/c1-17-8-4-2-3-18-9(4)6(11(15)16)7(12)5(8)10(13)14/h2-3,12H,1H3,(H,13,14). The molecular weight excluding hydrogens is 246 g/mol. The predicted molar refractivity (Wildman–Crippen MR) is 58.0 cm³/mol. The molecule has 0 atom stereocenters. The summed E-state index contributed by atoms with van der Waals surface area (Å²) >= 11 is 0. The van der Waals surface area contributed by atoms with Gasteiger partial charge in [0.05, 0.1) is 23.7 Å². The molecule has 0 saturated carbocycles. The first-order valence-electron chi connectivity index (χ1n) is 4.66. The van der Waals surface area contributed by atoms with E-state index in [9.17, 15) is 20.0 Å². The average molecular weight is 253 g/mol. The molecule has 0 unspecified atom stereocenters. The molecule has 0 aliphatic carbocycles. The molecule has 1 heterocycles. The number of nitro benzene ring substituents is 1. The number of aromatic hydroxyl groups is 1. The summed E-state index contributed by atoms with van der Waals surface area (Å²) in [5, 5.41) is 29.7. The van der Waals surface area contributed by atoms with Crippen molar-refractivity contribution in [3.63, 3.8) is 0 Å². The summed E-state index contributed by atoms with van der Waals surface area (Å²) in [5.41, 5.74) is -1.70. The topological polar surface area (TPSA) is 123 Å². The third-order valence-electron chi connectivity index (χ3n) is 2.41. The Morgan fingerprint density at radius 2 is 2.22 bits per heavy atom. The van der Waals surface area contributed by atoms with E-state index >= 15 is 0 Å². The van der Waals surface area contributed by atoms with E-state index in [-0.39, 0.29) is 16.7 Å². The van der Waals surface area contributed by atoms with Crippen LogP contribution in [0, 0.1) is 10.1 Å².